The van der Waals surface area contributed by atoms with Crippen LogP contribution in [0.4, 0.5) is 5.69 Å². The van der Waals surface area contributed by atoms with Gasteiger partial charge in [-0.15, -0.1) is 12.4 Å². The number of esters is 1. The van der Waals surface area contributed by atoms with E-state index in [1.807, 2.05) is 0 Å². The Bertz CT molecular complexity index is 607. The molecule has 1 heterocycles. The van der Waals surface area contributed by atoms with Crippen molar-refractivity contribution in [1.29, 1.82) is 0 Å². The van der Waals surface area contributed by atoms with E-state index in [4.69, 9.17) is 15.2 Å². The van der Waals surface area contributed by atoms with Gasteiger partial charge in [-0.3, -0.25) is 4.98 Å². The van der Waals surface area contributed by atoms with Crippen LogP contribution in [0.15, 0.2) is 48.8 Å². The number of nitrogens with zero attached hydrogens (tertiary/aromatic N) is 1. The Kier molecular flexibility index (Phi) is 6.66. The predicted molar refractivity (Wildman–Crippen MR) is 86.9 cm³/mol. The standard InChI is InChI=1S/C16H18N2O3.ClH/c1-11(13-7-9-18-10-8-13)21-16(19)12(2)20-15-6-4-3-5-14(15)17;/h3-12H,17H2,1-2H3;1H. The number of hydrogen-bond acceptors (Lipinski definition) is 5. The van der Waals surface area contributed by atoms with Crippen molar-refractivity contribution >= 4 is 24.1 Å². The van der Waals surface area contributed by atoms with Crippen molar-refractivity contribution < 1.29 is 14.3 Å². The third-order valence-electron chi connectivity index (χ3n) is 3.02. The van der Waals surface area contributed by atoms with E-state index in [0.29, 0.717) is 11.4 Å². The lowest BCUT2D eigenvalue weighted by Crippen LogP contribution is -2.27. The molecule has 0 saturated heterocycles. The van der Waals surface area contributed by atoms with Crippen molar-refractivity contribution in [3.63, 3.8) is 0 Å². The molecule has 22 heavy (non-hydrogen) atoms. The van der Waals surface area contributed by atoms with Gasteiger partial charge in [-0.05, 0) is 43.7 Å². The fourth-order valence-corrected chi connectivity index (χ4v) is 1.80. The zero-order chi connectivity index (χ0) is 15.2. The fraction of sp³-hybridized carbons (Fsp3) is 0.250. The van der Waals surface area contributed by atoms with Crippen LogP contribution in [-0.4, -0.2) is 17.1 Å². The number of para-hydroxylation sites is 2. The smallest absolute Gasteiger partial charge is 0.347 e. The van der Waals surface area contributed by atoms with Crippen LogP contribution in [0.25, 0.3) is 0 Å². The van der Waals surface area contributed by atoms with Crippen molar-refractivity contribution in [2.75, 3.05) is 5.73 Å². The lowest BCUT2D eigenvalue weighted by Gasteiger charge is -2.18. The van der Waals surface area contributed by atoms with Crippen molar-refractivity contribution in [2.24, 2.45) is 0 Å². The van der Waals surface area contributed by atoms with E-state index in [9.17, 15) is 4.79 Å². The highest BCUT2D eigenvalue weighted by Gasteiger charge is 2.20. The Balaban J connectivity index is 0.00000242. The average Bonchev–Trinajstić information content (AvgIpc) is 2.50. The van der Waals surface area contributed by atoms with Gasteiger partial charge in [0.2, 0.25) is 0 Å². The molecule has 2 atom stereocenters. The van der Waals surface area contributed by atoms with Crippen LogP contribution in [0.2, 0.25) is 0 Å². The molecule has 0 aliphatic carbocycles. The Morgan fingerprint density at radius 2 is 1.77 bits per heavy atom. The van der Waals surface area contributed by atoms with Gasteiger partial charge in [0.25, 0.3) is 0 Å². The number of halogens is 1. The summed E-state index contributed by atoms with van der Waals surface area (Å²) < 4.78 is 10.9. The number of carbonyl (C=O) groups is 1. The lowest BCUT2D eigenvalue weighted by atomic mass is 10.2. The first kappa shape index (κ1) is 17.8. The number of hydrogen-bond donors (Lipinski definition) is 1. The van der Waals surface area contributed by atoms with E-state index in [2.05, 4.69) is 4.98 Å². The topological polar surface area (TPSA) is 74.4 Å². The second-order valence-corrected chi connectivity index (χ2v) is 4.66. The molecule has 0 saturated carbocycles. The van der Waals surface area contributed by atoms with Crippen molar-refractivity contribution in [2.45, 2.75) is 26.1 Å². The molecule has 2 rings (SSSR count). The number of benzene rings is 1. The first-order valence-electron chi connectivity index (χ1n) is 6.69. The van der Waals surface area contributed by atoms with Gasteiger partial charge in [-0.1, -0.05) is 12.1 Å². The summed E-state index contributed by atoms with van der Waals surface area (Å²) in [5.74, 6) is 0.0288. The summed E-state index contributed by atoms with van der Waals surface area (Å²) >= 11 is 0. The monoisotopic (exact) mass is 322 g/mol. The third-order valence-corrected chi connectivity index (χ3v) is 3.02. The molecule has 118 valence electrons. The molecule has 0 aliphatic rings. The maximum absolute atomic E-state index is 12.0. The normalized spacial score (nSPS) is 12.6. The van der Waals surface area contributed by atoms with Crippen LogP contribution < -0.4 is 10.5 Å². The van der Waals surface area contributed by atoms with Crippen LogP contribution in [0.1, 0.15) is 25.5 Å². The van der Waals surface area contributed by atoms with Gasteiger partial charge in [-0.2, -0.15) is 0 Å². The van der Waals surface area contributed by atoms with Gasteiger partial charge in [0.15, 0.2) is 6.10 Å². The minimum absolute atomic E-state index is 0. The molecule has 0 bridgehead atoms. The first-order valence-corrected chi connectivity index (χ1v) is 6.69. The molecule has 0 fully saturated rings. The highest BCUT2D eigenvalue weighted by molar-refractivity contribution is 5.85. The number of nitrogen functional groups attached to an aromatic ring is 1. The van der Waals surface area contributed by atoms with E-state index in [0.717, 1.165) is 5.56 Å². The number of aromatic nitrogens is 1. The molecule has 0 amide bonds. The third kappa shape index (κ3) is 4.63. The largest absolute Gasteiger partial charge is 0.477 e. The minimum atomic E-state index is -0.737. The highest BCUT2D eigenvalue weighted by Crippen LogP contribution is 2.22. The van der Waals surface area contributed by atoms with Crippen LogP contribution >= 0.6 is 12.4 Å². The second kappa shape index (κ2) is 8.24. The second-order valence-electron chi connectivity index (χ2n) is 4.66. The lowest BCUT2D eigenvalue weighted by molar-refractivity contribution is -0.156. The molecule has 6 heteroatoms. The SMILES string of the molecule is CC(Oc1ccccc1N)C(=O)OC(C)c1ccncc1.Cl. The minimum Gasteiger partial charge on any atom is -0.477 e. The summed E-state index contributed by atoms with van der Waals surface area (Å²) in [6.07, 6.45) is 2.22. The van der Waals surface area contributed by atoms with Gasteiger partial charge >= 0.3 is 5.97 Å². The van der Waals surface area contributed by atoms with E-state index in [-0.39, 0.29) is 18.5 Å². The van der Waals surface area contributed by atoms with Crippen molar-refractivity contribution in [1.82, 2.24) is 4.98 Å². The van der Waals surface area contributed by atoms with E-state index in [1.54, 1.807) is 62.6 Å². The Morgan fingerprint density at radius 1 is 1.14 bits per heavy atom. The van der Waals surface area contributed by atoms with Gasteiger partial charge in [0.1, 0.15) is 11.9 Å². The zero-order valence-electron chi connectivity index (χ0n) is 12.4. The number of rotatable bonds is 5. The number of nitrogens with two attached hydrogens (primary N) is 1. The van der Waals surface area contributed by atoms with Gasteiger partial charge in [-0.25, -0.2) is 4.79 Å². The molecule has 2 unspecified atom stereocenters. The van der Waals surface area contributed by atoms with E-state index < -0.39 is 12.1 Å². The molecule has 0 aliphatic heterocycles. The molecule has 1 aromatic carbocycles. The first-order chi connectivity index (χ1) is 10.1. The summed E-state index contributed by atoms with van der Waals surface area (Å²) in [5.41, 5.74) is 7.14. The maximum Gasteiger partial charge on any atom is 0.347 e. The molecule has 2 N–H and O–H groups in total. The molecule has 2 aromatic rings. The number of ether oxygens (including phenoxy) is 2. The van der Waals surface area contributed by atoms with Crippen LogP contribution in [0, 0.1) is 0 Å². The summed E-state index contributed by atoms with van der Waals surface area (Å²) in [6, 6.07) is 10.6. The molecular formula is C16H19ClN2O3. The van der Waals surface area contributed by atoms with Crippen LogP contribution in [-0.2, 0) is 9.53 Å². The van der Waals surface area contributed by atoms with Gasteiger partial charge < -0.3 is 15.2 Å². The van der Waals surface area contributed by atoms with E-state index >= 15 is 0 Å². The van der Waals surface area contributed by atoms with Gasteiger partial charge in [0.05, 0.1) is 5.69 Å². The summed E-state index contributed by atoms with van der Waals surface area (Å²) in [7, 11) is 0. The van der Waals surface area contributed by atoms with Crippen LogP contribution in [0.5, 0.6) is 5.75 Å². The zero-order valence-corrected chi connectivity index (χ0v) is 13.2. The number of anilines is 1. The molecule has 0 spiro atoms. The predicted octanol–water partition coefficient (Wildman–Crippen LogP) is 3.16. The average molecular weight is 323 g/mol. The Labute approximate surface area is 135 Å². The number of carbonyl (C=O) groups excluding carboxylic acids is 1. The molecule has 5 nitrogen and oxygen atoms in total. The molecule has 1 aromatic heterocycles. The fourth-order valence-electron chi connectivity index (χ4n) is 1.80. The molecular weight excluding hydrogens is 304 g/mol. The molecule has 0 radical (unpaired) electrons. The maximum atomic E-state index is 12.0. The quantitative estimate of drug-likeness (QED) is 0.676. The Morgan fingerprint density at radius 3 is 2.41 bits per heavy atom. The summed E-state index contributed by atoms with van der Waals surface area (Å²) in [6.45, 7) is 3.44. The Hall–Kier alpha value is -2.27. The van der Waals surface area contributed by atoms with Crippen molar-refractivity contribution in [3.05, 3.63) is 54.4 Å². The van der Waals surface area contributed by atoms with Crippen LogP contribution in [0.3, 0.4) is 0 Å². The van der Waals surface area contributed by atoms with Gasteiger partial charge in [0, 0.05) is 12.4 Å². The highest BCUT2D eigenvalue weighted by atomic mass is 35.5. The van der Waals surface area contributed by atoms with Crippen molar-refractivity contribution in [3.8, 4) is 5.75 Å². The number of pyridine rings is 1. The summed E-state index contributed by atoms with van der Waals surface area (Å²) in [4.78, 5) is 16.0. The summed E-state index contributed by atoms with van der Waals surface area (Å²) in [5, 5.41) is 0. The van der Waals surface area contributed by atoms with E-state index in [1.165, 1.54) is 0 Å².